The SMILES string of the molecule is CCCNC(c1c(Br)cnn1CCN(C)C)C1CCCO1. The van der Waals surface area contributed by atoms with Crippen LogP contribution in [0, 0.1) is 0 Å². The van der Waals surface area contributed by atoms with Crippen LogP contribution < -0.4 is 5.32 Å². The summed E-state index contributed by atoms with van der Waals surface area (Å²) in [6.45, 7) is 5.93. The quantitative estimate of drug-likeness (QED) is 0.774. The van der Waals surface area contributed by atoms with E-state index in [4.69, 9.17) is 4.74 Å². The van der Waals surface area contributed by atoms with Crippen molar-refractivity contribution in [1.82, 2.24) is 20.0 Å². The number of rotatable bonds is 8. The first kappa shape index (κ1) is 16.9. The van der Waals surface area contributed by atoms with Crippen LogP contribution in [0.3, 0.4) is 0 Å². The minimum atomic E-state index is 0.214. The third kappa shape index (κ3) is 4.52. The van der Waals surface area contributed by atoms with Crippen molar-refractivity contribution in [2.45, 2.75) is 44.9 Å². The summed E-state index contributed by atoms with van der Waals surface area (Å²) in [6, 6.07) is 0.214. The zero-order chi connectivity index (χ0) is 15.2. The van der Waals surface area contributed by atoms with Crippen molar-refractivity contribution in [3.8, 4) is 0 Å². The Hall–Kier alpha value is -0.430. The number of ether oxygens (including phenoxy) is 1. The lowest BCUT2D eigenvalue weighted by atomic mass is 10.0. The van der Waals surface area contributed by atoms with E-state index in [1.165, 1.54) is 5.69 Å². The maximum absolute atomic E-state index is 5.94. The molecule has 1 fully saturated rings. The van der Waals surface area contributed by atoms with E-state index < -0.39 is 0 Å². The van der Waals surface area contributed by atoms with Gasteiger partial charge in [0.25, 0.3) is 0 Å². The van der Waals surface area contributed by atoms with Crippen LogP contribution in [-0.2, 0) is 11.3 Å². The number of nitrogens with zero attached hydrogens (tertiary/aromatic N) is 3. The van der Waals surface area contributed by atoms with Crippen LogP contribution in [0.5, 0.6) is 0 Å². The Balaban J connectivity index is 2.18. The maximum Gasteiger partial charge on any atom is 0.0786 e. The summed E-state index contributed by atoms with van der Waals surface area (Å²) in [4.78, 5) is 2.18. The summed E-state index contributed by atoms with van der Waals surface area (Å²) in [6.07, 6.45) is 5.54. The summed E-state index contributed by atoms with van der Waals surface area (Å²) in [5, 5.41) is 8.19. The summed E-state index contributed by atoms with van der Waals surface area (Å²) >= 11 is 3.67. The topological polar surface area (TPSA) is 42.3 Å². The van der Waals surface area contributed by atoms with Gasteiger partial charge in [-0.2, -0.15) is 5.10 Å². The third-order valence-corrected chi connectivity index (χ3v) is 4.45. The summed E-state index contributed by atoms with van der Waals surface area (Å²) in [7, 11) is 4.18. The Morgan fingerprint density at radius 3 is 3.00 bits per heavy atom. The summed E-state index contributed by atoms with van der Waals surface area (Å²) in [5.74, 6) is 0. The Morgan fingerprint density at radius 2 is 2.38 bits per heavy atom. The van der Waals surface area contributed by atoms with Crippen molar-refractivity contribution in [2.24, 2.45) is 0 Å². The predicted molar refractivity (Wildman–Crippen MR) is 88.5 cm³/mol. The Morgan fingerprint density at radius 1 is 1.57 bits per heavy atom. The van der Waals surface area contributed by atoms with Gasteiger partial charge >= 0.3 is 0 Å². The van der Waals surface area contributed by atoms with Crippen molar-refractivity contribution in [3.63, 3.8) is 0 Å². The fourth-order valence-electron chi connectivity index (χ4n) is 2.72. The van der Waals surface area contributed by atoms with Gasteiger partial charge in [0.05, 0.1) is 35.1 Å². The molecule has 6 heteroatoms. The zero-order valence-corrected chi connectivity index (χ0v) is 14.9. The van der Waals surface area contributed by atoms with Gasteiger partial charge in [0.1, 0.15) is 0 Å². The van der Waals surface area contributed by atoms with Crippen LogP contribution in [-0.4, -0.2) is 54.6 Å². The number of nitrogens with one attached hydrogen (secondary N) is 1. The van der Waals surface area contributed by atoms with Crippen LogP contribution in [0.1, 0.15) is 37.9 Å². The van der Waals surface area contributed by atoms with Crippen LogP contribution in [0.25, 0.3) is 0 Å². The lowest BCUT2D eigenvalue weighted by Crippen LogP contribution is -2.35. The van der Waals surface area contributed by atoms with E-state index in [9.17, 15) is 0 Å². The second kappa shape index (κ2) is 8.27. The molecule has 1 aromatic rings. The van der Waals surface area contributed by atoms with Gasteiger partial charge in [-0.25, -0.2) is 0 Å². The van der Waals surface area contributed by atoms with Crippen LogP contribution in [0.15, 0.2) is 10.7 Å². The van der Waals surface area contributed by atoms with E-state index in [1.807, 2.05) is 6.20 Å². The molecule has 1 aromatic heterocycles. The lowest BCUT2D eigenvalue weighted by molar-refractivity contribution is 0.0750. The molecule has 5 nitrogen and oxygen atoms in total. The monoisotopic (exact) mass is 358 g/mol. The van der Waals surface area contributed by atoms with Gasteiger partial charge in [-0.3, -0.25) is 4.68 Å². The number of likely N-dealkylation sites (N-methyl/N-ethyl adjacent to an activating group) is 1. The van der Waals surface area contributed by atoms with Gasteiger partial charge < -0.3 is 15.0 Å². The van der Waals surface area contributed by atoms with Gasteiger partial charge in [-0.15, -0.1) is 0 Å². The van der Waals surface area contributed by atoms with Crippen molar-refractivity contribution < 1.29 is 4.74 Å². The number of aromatic nitrogens is 2. The highest BCUT2D eigenvalue weighted by Gasteiger charge is 2.31. The fourth-order valence-corrected chi connectivity index (χ4v) is 3.27. The smallest absolute Gasteiger partial charge is 0.0786 e. The van der Waals surface area contributed by atoms with Crippen molar-refractivity contribution in [3.05, 3.63) is 16.4 Å². The van der Waals surface area contributed by atoms with Crippen molar-refractivity contribution in [1.29, 1.82) is 0 Å². The minimum Gasteiger partial charge on any atom is -0.376 e. The molecule has 2 unspecified atom stereocenters. The van der Waals surface area contributed by atoms with E-state index in [1.54, 1.807) is 0 Å². The second-order valence-corrected chi connectivity index (χ2v) is 6.74. The molecule has 0 aromatic carbocycles. The molecular formula is C15H27BrN4O. The van der Waals surface area contributed by atoms with Gasteiger partial charge in [0.2, 0.25) is 0 Å². The largest absolute Gasteiger partial charge is 0.376 e. The van der Waals surface area contributed by atoms with Crippen LogP contribution >= 0.6 is 15.9 Å². The van der Waals surface area contributed by atoms with Crippen molar-refractivity contribution in [2.75, 3.05) is 33.8 Å². The van der Waals surface area contributed by atoms with Gasteiger partial charge in [0, 0.05) is 13.2 Å². The molecule has 0 bridgehead atoms. The molecule has 1 aliphatic heterocycles. The lowest BCUT2D eigenvalue weighted by Gasteiger charge is -2.26. The molecule has 1 saturated heterocycles. The van der Waals surface area contributed by atoms with E-state index in [-0.39, 0.29) is 12.1 Å². The van der Waals surface area contributed by atoms with E-state index >= 15 is 0 Å². The first-order valence-corrected chi connectivity index (χ1v) is 8.63. The molecule has 2 atom stereocenters. The zero-order valence-electron chi connectivity index (χ0n) is 13.3. The average Bonchev–Trinajstić information content (AvgIpc) is 3.09. The molecule has 0 saturated carbocycles. The minimum absolute atomic E-state index is 0.214. The predicted octanol–water partition coefficient (Wildman–Crippen LogP) is 2.43. The Labute approximate surface area is 136 Å². The second-order valence-electron chi connectivity index (χ2n) is 5.89. The molecule has 120 valence electrons. The van der Waals surface area contributed by atoms with Crippen LogP contribution in [0.4, 0.5) is 0 Å². The first-order chi connectivity index (χ1) is 10.1. The Kier molecular flexibility index (Phi) is 6.67. The van der Waals surface area contributed by atoms with E-state index in [0.717, 1.165) is 50.0 Å². The highest BCUT2D eigenvalue weighted by atomic mass is 79.9. The van der Waals surface area contributed by atoms with Crippen LogP contribution in [0.2, 0.25) is 0 Å². The molecule has 21 heavy (non-hydrogen) atoms. The van der Waals surface area contributed by atoms with Crippen molar-refractivity contribution >= 4 is 15.9 Å². The van der Waals surface area contributed by atoms with Gasteiger partial charge in [-0.05, 0) is 55.8 Å². The van der Waals surface area contributed by atoms with Gasteiger partial charge in [0.15, 0.2) is 0 Å². The molecule has 0 spiro atoms. The molecule has 2 rings (SSSR count). The van der Waals surface area contributed by atoms with E-state index in [0.29, 0.717) is 0 Å². The molecule has 2 heterocycles. The maximum atomic E-state index is 5.94. The molecule has 0 radical (unpaired) electrons. The normalized spacial score (nSPS) is 20.3. The van der Waals surface area contributed by atoms with Gasteiger partial charge in [-0.1, -0.05) is 6.92 Å². The standard InChI is InChI=1S/C15H27BrN4O/c1-4-7-17-14(13-6-5-10-21-13)15-12(16)11-18-20(15)9-8-19(2)3/h11,13-14,17H,4-10H2,1-3H3. The molecule has 0 amide bonds. The molecular weight excluding hydrogens is 332 g/mol. The van der Waals surface area contributed by atoms with E-state index in [2.05, 4.69) is 56.9 Å². The first-order valence-electron chi connectivity index (χ1n) is 7.84. The average molecular weight is 359 g/mol. The number of hydrogen-bond donors (Lipinski definition) is 1. The third-order valence-electron chi connectivity index (χ3n) is 3.84. The number of hydrogen-bond acceptors (Lipinski definition) is 4. The Bertz CT molecular complexity index is 429. The summed E-state index contributed by atoms with van der Waals surface area (Å²) < 4.78 is 9.12. The fraction of sp³-hybridized carbons (Fsp3) is 0.800. The molecule has 1 aliphatic rings. The highest BCUT2D eigenvalue weighted by molar-refractivity contribution is 9.10. The molecule has 1 N–H and O–H groups in total. The number of halogens is 1. The molecule has 0 aliphatic carbocycles. The highest BCUT2D eigenvalue weighted by Crippen LogP contribution is 2.31. The summed E-state index contributed by atoms with van der Waals surface area (Å²) in [5.41, 5.74) is 1.22.